The lowest BCUT2D eigenvalue weighted by atomic mass is 10.0. The topological polar surface area (TPSA) is 135 Å². The van der Waals surface area contributed by atoms with E-state index in [2.05, 4.69) is 47.2 Å². The zero-order chi connectivity index (χ0) is 29.5. The number of benzene rings is 1. The molecule has 7 rings (SSSR count). The van der Waals surface area contributed by atoms with E-state index in [1.54, 1.807) is 18.2 Å². The lowest BCUT2D eigenvalue weighted by Crippen LogP contribution is -2.57. The van der Waals surface area contributed by atoms with Crippen LogP contribution >= 0.6 is 0 Å². The van der Waals surface area contributed by atoms with Gasteiger partial charge in [0.2, 0.25) is 5.91 Å². The Morgan fingerprint density at radius 3 is 2.77 bits per heavy atom. The highest BCUT2D eigenvalue weighted by Crippen LogP contribution is 2.39. The molecule has 0 unspecified atom stereocenters. The van der Waals surface area contributed by atoms with Crippen LogP contribution in [0.3, 0.4) is 0 Å². The fourth-order valence-corrected chi connectivity index (χ4v) is 6.40. The van der Waals surface area contributed by atoms with Gasteiger partial charge in [0.1, 0.15) is 17.3 Å². The molecule has 1 aliphatic carbocycles. The molecule has 0 radical (unpaired) electrons. The fourth-order valence-electron chi connectivity index (χ4n) is 6.40. The van der Waals surface area contributed by atoms with E-state index in [4.69, 9.17) is 17.4 Å². The molecule has 4 aromatic rings. The van der Waals surface area contributed by atoms with Gasteiger partial charge in [-0.1, -0.05) is 24.3 Å². The Morgan fingerprint density at radius 1 is 1.12 bits per heavy atom. The number of nitrogen functional groups attached to an aromatic ring is 1. The molecular formula is C32H31N9O2. The van der Waals surface area contributed by atoms with Gasteiger partial charge in [-0.3, -0.25) is 19.2 Å². The maximum atomic E-state index is 13.0. The van der Waals surface area contributed by atoms with Crippen LogP contribution in [0.1, 0.15) is 54.1 Å². The largest absolute Gasteiger partial charge is 0.383 e. The smallest absolute Gasteiger partial charge is 0.256 e. The van der Waals surface area contributed by atoms with Crippen molar-refractivity contribution in [2.75, 3.05) is 24.1 Å². The minimum Gasteiger partial charge on any atom is -0.383 e. The van der Waals surface area contributed by atoms with Gasteiger partial charge in [0, 0.05) is 48.2 Å². The number of amides is 2. The van der Waals surface area contributed by atoms with Crippen LogP contribution in [-0.2, 0) is 4.79 Å². The molecule has 1 aromatic carbocycles. The van der Waals surface area contributed by atoms with Crippen molar-refractivity contribution in [2.45, 2.75) is 50.2 Å². The molecule has 216 valence electrons. The van der Waals surface area contributed by atoms with Crippen LogP contribution in [0.25, 0.3) is 33.1 Å². The number of aromatic nitrogens is 4. The summed E-state index contributed by atoms with van der Waals surface area (Å²) in [7, 11) is 0. The van der Waals surface area contributed by atoms with Crippen LogP contribution in [0.2, 0.25) is 0 Å². The summed E-state index contributed by atoms with van der Waals surface area (Å²) in [5.74, 6) is 0.523. The zero-order valence-electron chi connectivity index (χ0n) is 23.5. The molecule has 3 aromatic heterocycles. The molecule has 2 aliphatic heterocycles. The summed E-state index contributed by atoms with van der Waals surface area (Å²) in [6, 6.07) is 10.5. The number of rotatable bonds is 3. The van der Waals surface area contributed by atoms with E-state index in [0.717, 1.165) is 67.2 Å². The van der Waals surface area contributed by atoms with Crippen LogP contribution in [0, 0.1) is 6.57 Å². The maximum Gasteiger partial charge on any atom is 0.256 e. The van der Waals surface area contributed by atoms with Crippen LogP contribution in [0.4, 0.5) is 17.3 Å². The number of pyridine rings is 2. The molecular weight excluding hydrogens is 542 g/mol. The Hall–Kier alpha value is -5.08. The van der Waals surface area contributed by atoms with E-state index in [9.17, 15) is 9.59 Å². The number of nitrogens with zero attached hydrogens (tertiary/aromatic N) is 6. The second-order valence-corrected chi connectivity index (χ2v) is 11.4. The van der Waals surface area contributed by atoms with E-state index >= 15 is 0 Å². The highest BCUT2D eigenvalue weighted by Gasteiger charge is 2.37. The minimum atomic E-state index is -0.327. The van der Waals surface area contributed by atoms with Crippen molar-refractivity contribution < 1.29 is 9.59 Å². The summed E-state index contributed by atoms with van der Waals surface area (Å²) in [4.78, 5) is 40.2. The molecule has 1 saturated carbocycles. The Bertz CT molecular complexity index is 1800. The third kappa shape index (κ3) is 5.00. The summed E-state index contributed by atoms with van der Waals surface area (Å²) in [5.41, 5.74) is 10.8. The number of hydrogen-bond acceptors (Lipinski definition) is 7. The van der Waals surface area contributed by atoms with Crippen molar-refractivity contribution in [1.82, 2.24) is 30.0 Å². The van der Waals surface area contributed by atoms with Crippen molar-refractivity contribution in [3.8, 4) is 11.3 Å². The molecule has 4 N–H and O–H groups in total. The number of nitrogens with one attached hydrogen (secondary N) is 2. The van der Waals surface area contributed by atoms with Crippen molar-refractivity contribution in [3.63, 3.8) is 0 Å². The molecule has 1 saturated heterocycles. The molecule has 11 heteroatoms. The zero-order valence-corrected chi connectivity index (χ0v) is 23.5. The van der Waals surface area contributed by atoms with Gasteiger partial charge in [-0.2, -0.15) is 5.10 Å². The van der Waals surface area contributed by atoms with E-state index < -0.39 is 0 Å². The third-order valence-electron chi connectivity index (χ3n) is 8.73. The molecule has 3 aliphatic rings. The molecule has 11 nitrogen and oxygen atoms in total. The number of fused-ring (bicyclic) bond motifs is 4. The molecule has 2 fully saturated rings. The van der Waals surface area contributed by atoms with Gasteiger partial charge in [-0.05, 0) is 56.4 Å². The van der Waals surface area contributed by atoms with E-state index in [0.29, 0.717) is 28.6 Å². The van der Waals surface area contributed by atoms with Gasteiger partial charge in [0.05, 0.1) is 29.6 Å². The maximum absolute atomic E-state index is 13.0. The van der Waals surface area contributed by atoms with E-state index in [-0.39, 0.29) is 29.9 Å². The summed E-state index contributed by atoms with van der Waals surface area (Å²) in [6.07, 6.45) is 11.8. The predicted molar refractivity (Wildman–Crippen MR) is 164 cm³/mol. The van der Waals surface area contributed by atoms with Gasteiger partial charge < -0.3 is 16.4 Å². The lowest BCUT2D eigenvalue weighted by molar-refractivity contribution is -0.131. The van der Waals surface area contributed by atoms with Gasteiger partial charge in [-0.15, -0.1) is 0 Å². The van der Waals surface area contributed by atoms with Crippen LogP contribution in [0.5, 0.6) is 0 Å². The Morgan fingerprint density at radius 2 is 1.98 bits per heavy atom. The van der Waals surface area contributed by atoms with Gasteiger partial charge in [0.15, 0.2) is 5.69 Å². The first-order valence-electron chi connectivity index (χ1n) is 14.6. The second-order valence-electron chi connectivity index (χ2n) is 11.4. The number of hydrogen-bond donors (Lipinski definition) is 3. The van der Waals surface area contributed by atoms with Crippen molar-refractivity contribution in [3.05, 3.63) is 77.4 Å². The summed E-state index contributed by atoms with van der Waals surface area (Å²) in [5, 5.41) is 12.0. The predicted octanol–water partition coefficient (Wildman–Crippen LogP) is 4.58. The lowest BCUT2D eigenvalue weighted by Gasteiger charge is -2.40. The quantitative estimate of drug-likeness (QED) is 0.305. The van der Waals surface area contributed by atoms with Crippen LogP contribution in [0.15, 0.2) is 54.9 Å². The molecule has 5 heterocycles. The number of carbonyl (C=O) groups excluding carboxylic acids is 2. The normalized spacial score (nSPS) is 22.5. The van der Waals surface area contributed by atoms with Gasteiger partial charge in [-0.25, -0.2) is 14.8 Å². The summed E-state index contributed by atoms with van der Waals surface area (Å²) >= 11 is 0. The van der Waals surface area contributed by atoms with Crippen molar-refractivity contribution >= 4 is 46.1 Å². The molecule has 0 spiro atoms. The first-order chi connectivity index (χ1) is 21.0. The van der Waals surface area contributed by atoms with Crippen molar-refractivity contribution in [2.24, 2.45) is 0 Å². The first kappa shape index (κ1) is 26.8. The number of carbonyl (C=O) groups is 2. The first-order valence-corrected chi connectivity index (χ1v) is 14.6. The van der Waals surface area contributed by atoms with E-state index in [1.807, 2.05) is 18.3 Å². The Kier molecular flexibility index (Phi) is 6.83. The van der Waals surface area contributed by atoms with Gasteiger partial charge >= 0.3 is 0 Å². The molecule has 43 heavy (non-hydrogen) atoms. The molecule has 3 atom stereocenters. The standard InChI is InChI=1S/C32H31N9O2/c1-34-22-11-13-35-26(17-22)38-31(42)20-7-5-19(6-8-20)28-27-29-21(18-36-30(27)33)4-2-3-14-40-15-12-25(40)32(43)37-23-9-10-24(16-23)41(29)39-28/h2,4-8,11,13,17-18,23-25H,3,9-10,12,14-16H2,(H2,33,36)(H,37,43)(H,35,38,42)/b4-2+/t23-,24-,25+/m1/s1. The van der Waals surface area contributed by atoms with E-state index in [1.165, 1.54) is 12.3 Å². The van der Waals surface area contributed by atoms with Crippen LogP contribution in [-0.4, -0.2) is 61.6 Å². The average Bonchev–Trinajstić information content (AvgIpc) is 3.63. The molecule has 2 bridgehead atoms. The van der Waals surface area contributed by atoms with Crippen molar-refractivity contribution in [1.29, 1.82) is 0 Å². The fraction of sp³-hybridized carbons (Fsp3) is 0.312. The Balaban J connectivity index is 1.24. The SMILES string of the molecule is [C-]#[N+]c1ccnc(NC(=O)c2ccc(-c3nn4c5c(cnc(N)c35)/C=C/CCN3CC[C@H]3C(=O)N[C@@H]3CC[C@@H]4C3)cc2)c1. The highest BCUT2D eigenvalue weighted by atomic mass is 16.2. The van der Waals surface area contributed by atoms with Crippen LogP contribution < -0.4 is 16.4 Å². The van der Waals surface area contributed by atoms with Gasteiger partial charge in [0.25, 0.3) is 5.91 Å². The summed E-state index contributed by atoms with van der Waals surface area (Å²) in [6.45, 7) is 8.96. The molecule has 2 amide bonds. The minimum absolute atomic E-state index is 0.0302. The Labute approximate surface area is 248 Å². The highest BCUT2D eigenvalue weighted by molar-refractivity contribution is 6.06. The average molecular weight is 574 g/mol. The summed E-state index contributed by atoms with van der Waals surface area (Å²) < 4.78 is 2.08. The number of nitrogens with two attached hydrogens (primary N) is 1. The monoisotopic (exact) mass is 573 g/mol. The second kappa shape index (κ2) is 11.0. The number of anilines is 2. The third-order valence-corrected chi connectivity index (χ3v) is 8.73.